The standard InChI is InChI=1S/C12H14BrClN2OS/c1-8-4-9(2)6-10(5-8)16(11(17)7-14)12(15-3)18-13/h4-6H,7H2,1-3H3. The maximum atomic E-state index is 12.0. The number of amides is 1. The van der Waals surface area contributed by atoms with Gasteiger partial charge >= 0.3 is 0 Å². The quantitative estimate of drug-likeness (QED) is 0.461. The van der Waals surface area contributed by atoms with Crippen LogP contribution in [0.2, 0.25) is 0 Å². The van der Waals surface area contributed by atoms with Crippen molar-refractivity contribution >= 4 is 53.4 Å². The Bertz CT molecular complexity index is 459. The number of rotatable bonds is 2. The molecule has 0 radical (unpaired) electrons. The smallest absolute Gasteiger partial charge is 0.248 e. The molecule has 0 N–H and O–H groups in total. The molecule has 0 heterocycles. The number of hydrogen-bond acceptors (Lipinski definition) is 3. The molecule has 98 valence electrons. The number of nitrogens with zero attached hydrogens (tertiary/aromatic N) is 2. The molecule has 0 fully saturated rings. The van der Waals surface area contributed by atoms with Crippen LogP contribution in [0.25, 0.3) is 0 Å². The fourth-order valence-electron chi connectivity index (χ4n) is 1.67. The van der Waals surface area contributed by atoms with Gasteiger partial charge in [0, 0.05) is 7.05 Å². The van der Waals surface area contributed by atoms with Crippen LogP contribution in [0.3, 0.4) is 0 Å². The van der Waals surface area contributed by atoms with Crippen molar-refractivity contribution in [1.29, 1.82) is 0 Å². The molecular weight excluding hydrogens is 336 g/mol. The molecular formula is C12H14BrClN2OS. The Kier molecular flexibility index (Phi) is 6.18. The van der Waals surface area contributed by atoms with Gasteiger partial charge in [-0.15, -0.1) is 11.6 Å². The van der Waals surface area contributed by atoms with Gasteiger partial charge in [-0.1, -0.05) is 6.07 Å². The summed E-state index contributed by atoms with van der Waals surface area (Å²) in [6, 6.07) is 5.93. The van der Waals surface area contributed by atoms with Gasteiger partial charge in [0.05, 0.1) is 5.69 Å². The zero-order chi connectivity index (χ0) is 13.7. The molecule has 0 saturated heterocycles. The number of benzene rings is 1. The minimum atomic E-state index is -0.200. The third-order valence-corrected chi connectivity index (χ3v) is 3.88. The largest absolute Gasteiger partial charge is 0.273 e. The van der Waals surface area contributed by atoms with E-state index in [1.54, 1.807) is 7.05 Å². The first-order chi connectivity index (χ1) is 8.53. The molecule has 3 nitrogen and oxygen atoms in total. The number of carbonyl (C=O) groups is 1. The van der Waals surface area contributed by atoms with E-state index in [-0.39, 0.29) is 11.8 Å². The summed E-state index contributed by atoms with van der Waals surface area (Å²) in [5.41, 5.74) is 2.96. The van der Waals surface area contributed by atoms with Crippen LogP contribution in [0.4, 0.5) is 5.69 Å². The Labute approximate surface area is 124 Å². The van der Waals surface area contributed by atoms with Gasteiger partial charge in [-0.05, 0) is 62.1 Å². The van der Waals surface area contributed by atoms with Crippen molar-refractivity contribution in [2.24, 2.45) is 4.99 Å². The van der Waals surface area contributed by atoms with E-state index < -0.39 is 0 Å². The Morgan fingerprint density at radius 1 is 1.39 bits per heavy atom. The number of carbonyl (C=O) groups excluding carboxylic acids is 1. The van der Waals surface area contributed by atoms with Crippen LogP contribution < -0.4 is 4.90 Å². The van der Waals surface area contributed by atoms with Gasteiger partial charge in [-0.25, -0.2) is 0 Å². The molecule has 0 aromatic heterocycles. The van der Waals surface area contributed by atoms with Crippen LogP contribution in [0, 0.1) is 13.8 Å². The van der Waals surface area contributed by atoms with Crippen LogP contribution in [0.15, 0.2) is 23.2 Å². The summed E-state index contributed by atoms with van der Waals surface area (Å²) in [6.07, 6.45) is 0. The predicted octanol–water partition coefficient (Wildman–Crippen LogP) is 3.90. The Morgan fingerprint density at radius 2 is 1.94 bits per heavy atom. The summed E-state index contributed by atoms with van der Waals surface area (Å²) in [6.45, 7) is 3.98. The monoisotopic (exact) mass is 348 g/mol. The third kappa shape index (κ3) is 3.73. The average molecular weight is 350 g/mol. The lowest BCUT2D eigenvalue weighted by atomic mass is 10.1. The van der Waals surface area contributed by atoms with E-state index in [0.717, 1.165) is 16.8 Å². The summed E-state index contributed by atoms with van der Waals surface area (Å²) in [4.78, 5) is 17.6. The number of hydrogen-bond donors (Lipinski definition) is 0. The normalized spacial score (nSPS) is 11.5. The molecule has 0 bridgehead atoms. The lowest BCUT2D eigenvalue weighted by Gasteiger charge is -2.22. The number of alkyl halides is 1. The highest BCUT2D eigenvalue weighted by atomic mass is 79.9. The molecule has 1 aromatic carbocycles. The van der Waals surface area contributed by atoms with Crippen molar-refractivity contribution in [1.82, 2.24) is 0 Å². The Morgan fingerprint density at radius 3 is 2.33 bits per heavy atom. The number of halogens is 2. The molecule has 0 aliphatic rings. The van der Waals surface area contributed by atoms with Gasteiger partial charge < -0.3 is 0 Å². The summed E-state index contributed by atoms with van der Waals surface area (Å²) in [5.74, 6) is -0.284. The van der Waals surface area contributed by atoms with Gasteiger partial charge in [0.15, 0.2) is 5.17 Å². The fraction of sp³-hybridized carbons (Fsp3) is 0.333. The second-order valence-electron chi connectivity index (χ2n) is 3.79. The van der Waals surface area contributed by atoms with Crippen molar-refractivity contribution in [2.75, 3.05) is 17.8 Å². The van der Waals surface area contributed by atoms with E-state index in [4.69, 9.17) is 11.6 Å². The average Bonchev–Trinajstić information content (AvgIpc) is 2.33. The Balaban J connectivity index is 3.29. The van der Waals surface area contributed by atoms with Gasteiger partial charge in [0.1, 0.15) is 5.88 Å². The van der Waals surface area contributed by atoms with Crippen LogP contribution >= 0.6 is 36.6 Å². The maximum absolute atomic E-state index is 12.0. The molecule has 6 heteroatoms. The van der Waals surface area contributed by atoms with Gasteiger partial charge in [-0.2, -0.15) is 0 Å². The van der Waals surface area contributed by atoms with Gasteiger partial charge in [0.25, 0.3) is 0 Å². The minimum absolute atomic E-state index is 0.0838. The number of aryl methyl sites for hydroxylation is 2. The van der Waals surface area contributed by atoms with Crippen molar-refractivity contribution in [2.45, 2.75) is 13.8 Å². The van der Waals surface area contributed by atoms with Gasteiger partial charge in [-0.3, -0.25) is 14.7 Å². The van der Waals surface area contributed by atoms with Crippen LogP contribution in [-0.4, -0.2) is 24.0 Å². The van der Waals surface area contributed by atoms with E-state index in [0.29, 0.717) is 5.17 Å². The molecule has 1 aromatic rings. The van der Waals surface area contributed by atoms with Crippen molar-refractivity contribution in [3.63, 3.8) is 0 Å². The zero-order valence-corrected chi connectivity index (χ0v) is 13.6. The highest BCUT2D eigenvalue weighted by Gasteiger charge is 2.20. The van der Waals surface area contributed by atoms with E-state index in [2.05, 4.69) is 25.9 Å². The number of aliphatic imine (C=N–C) groups is 1. The van der Waals surface area contributed by atoms with E-state index in [1.807, 2.05) is 26.0 Å². The predicted molar refractivity (Wildman–Crippen MR) is 84.0 cm³/mol. The number of amidine groups is 1. The highest BCUT2D eigenvalue weighted by Crippen LogP contribution is 2.25. The molecule has 18 heavy (non-hydrogen) atoms. The second kappa shape index (κ2) is 7.16. The van der Waals surface area contributed by atoms with E-state index in [9.17, 15) is 4.79 Å². The van der Waals surface area contributed by atoms with Gasteiger partial charge in [0.2, 0.25) is 5.91 Å². The molecule has 0 atom stereocenters. The lowest BCUT2D eigenvalue weighted by Crippen LogP contribution is -2.35. The zero-order valence-electron chi connectivity index (χ0n) is 10.4. The molecule has 0 aliphatic heterocycles. The molecule has 0 unspecified atom stereocenters. The Hall–Kier alpha value is -0.520. The van der Waals surface area contributed by atoms with Crippen molar-refractivity contribution in [3.8, 4) is 0 Å². The van der Waals surface area contributed by atoms with Crippen LogP contribution in [0.1, 0.15) is 11.1 Å². The number of anilines is 1. The highest BCUT2D eigenvalue weighted by molar-refractivity contribution is 9.52. The SMILES string of the molecule is CN=C(SBr)N(C(=O)CCl)c1cc(C)cc(C)c1. The molecule has 1 amide bonds. The molecule has 1 rings (SSSR count). The summed E-state index contributed by atoms with van der Waals surface area (Å²) in [7, 11) is 2.88. The summed E-state index contributed by atoms with van der Waals surface area (Å²) in [5, 5.41) is 0.561. The molecule has 0 spiro atoms. The van der Waals surface area contributed by atoms with Crippen molar-refractivity contribution < 1.29 is 4.79 Å². The first-order valence-corrected chi connectivity index (χ1v) is 8.45. The first kappa shape index (κ1) is 15.5. The van der Waals surface area contributed by atoms with Crippen LogP contribution in [-0.2, 0) is 4.79 Å². The minimum Gasteiger partial charge on any atom is -0.273 e. The maximum Gasteiger partial charge on any atom is 0.248 e. The summed E-state index contributed by atoms with van der Waals surface area (Å²) < 4.78 is 0. The van der Waals surface area contributed by atoms with E-state index >= 15 is 0 Å². The van der Waals surface area contributed by atoms with Crippen molar-refractivity contribution in [3.05, 3.63) is 29.3 Å². The van der Waals surface area contributed by atoms with Crippen LogP contribution in [0.5, 0.6) is 0 Å². The molecule has 0 aliphatic carbocycles. The fourth-order valence-corrected chi connectivity index (χ4v) is 3.00. The second-order valence-corrected chi connectivity index (χ2v) is 5.55. The topological polar surface area (TPSA) is 32.7 Å². The first-order valence-electron chi connectivity index (χ1n) is 5.26. The van der Waals surface area contributed by atoms with E-state index in [1.165, 1.54) is 15.1 Å². The third-order valence-electron chi connectivity index (χ3n) is 2.28. The summed E-state index contributed by atoms with van der Waals surface area (Å²) >= 11 is 8.92. The lowest BCUT2D eigenvalue weighted by molar-refractivity contribution is -0.115. The molecule has 0 saturated carbocycles.